The fourth-order valence-corrected chi connectivity index (χ4v) is 5.50. The second-order valence-corrected chi connectivity index (χ2v) is 11.0. The summed E-state index contributed by atoms with van der Waals surface area (Å²) in [5, 5.41) is 7.78. The summed E-state index contributed by atoms with van der Waals surface area (Å²) in [6.45, 7) is 8.05. The molecule has 0 atom stereocenters. The molecule has 1 aromatic carbocycles. The van der Waals surface area contributed by atoms with Gasteiger partial charge in [0.1, 0.15) is 11.6 Å². The number of nitrogens with one attached hydrogen (secondary N) is 2. The molecule has 1 fully saturated rings. The zero-order valence-corrected chi connectivity index (χ0v) is 22.4. The van der Waals surface area contributed by atoms with Crippen LogP contribution in [-0.4, -0.2) is 89.5 Å². The standard InChI is InChI=1S/C24H33N7O5S/c1-5-7-20-26-16(3)22-24(33)27-23(28-31(20)22)18-14-17(8-9-19(18)36-6-2)37(34,35)29(4)15-21(32)30-12-10-25-11-13-30/h8-9,14,25H,5-7,10-13,15H2,1-4H3,(H,27,28,33). The van der Waals surface area contributed by atoms with E-state index < -0.39 is 10.0 Å². The Labute approximate surface area is 215 Å². The van der Waals surface area contributed by atoms with Crippen LogP contribution in [0, 0.1) is 6.92 Å². The third-order valence-corrected chi connectivity index (χ3v) is 8.06. The summed E-state index contributed by atoms with van der Waals surface area (Å²) in [6, 6.07) is 4.38. The van der Waals surface area contributed by atoms with Gasteiger partial charge in [0.2, 0.25) is 15.9 Å². The van der Waals surface area contributed by atoms with E-state index in [1.165, 1.54) is 29.8 Å². The van der Waals surface area contributed by atoms with Gasteiger partial charge >= 0.3 is 0 Å². The molecule has 37 heavy (non-hydrogen) atoms. The highest BCUT2D eigenvalue weighted by molar-refractivity contribution is 7.89. The van der Waals surface area contributed by atoms with Gasteiger partial charge in [-0.25, -0.2) is 17.9 Å². The van der Waals surface area contributed by atoms with Crippen molar-refractivity contribution in [3.8, 4) is 17.1 Å². The van der Waals surface area contributed by atoms with Crippen LogP contribution in [0.3, 0.4) is 0 Å². The van der Waals surface area contributed by atoms with Crippen molar-refractivity contribution in [3.63, 3.8) is 0 Å². The molecule has 1 aliphatic rings. The first kappa shape index (κ1) is 26.8. The number of piperazine rings is 1. The minimum Gasteiger partial charge on any atom is -0.493 e. The molecule has 0 unspecified atom stereocenters. The molecule has 0 aliphatic carbocycles. The van der Waals surface area contributed by atoms with Crippen LogP contribution in [0.25, 0.3) is 16.9 Å². The number of carbonyl (C=O) groups is 1. The van der Waals surface area contributed by atoms with E-state index in [0.29, 0.717) is 67.6 Å². The Bertz CT molecular complexity index is 1460. The number of H-pyrrole nitrogens is 1. The van der Waals surface area contributed by atoms with Gasteiger partial charge < -0.3 is 19.9 Å². The molecule has 2 N–H and O–H groups in total. The molecule has 1 amide bonds. The maximum absolute atomic E-state index is 13.4. The maximum Gasteiger partial charge on any atom is 0.277 e. The number of aryl methyl sites for hydroxylation is 2. The number of rotatable bonds is 9. The SMILES string of the molecule is CCCc1nc(C)c2c(=O)[nH]c(-c3cc(S(=O)(=O)N(C)CC(=O)N4CCNCC4)ccc3OCC)nn12. The Morgan fingerprint density at radius 2 is 1.95 bits per heavy atom. The topological polar surface area (TPSA) is 142 Å². The van der Waals surface area contributed by atoms with E-state index in [2.05, 4.69) is 20.4 Å². The summed E-state index contributed by atoms with van der Waals surface area (Å²) in [7, 11) is -2.65. The number of carbonyl (C=O) groups excluding carboxylic acids is 1. The molecule has 1 saturated heterocycles. The third kappa shape index (κ3) is 5.38. The van der Waals surface area contributed by atoms with Gasteiger partial charge in [-0.05, 0) is 38.5 Å². The Morgan fingerprint density at radius 1 is 1.22 bits per heavy atom. The zero-order chi connectivity index (χ0) is 26.7. The van der Waals surface area contributed by atoms with Crippen molar-refractivity contribution in [2.45, 2.75) is 38.5 Å². The summed E-state index contributed by atoms with van der Waals surface area (Å²) >= 11 is 0. The van der Waals surface area contributed by atoms with Gasteiger partial charge in [0.15, 0.2) is 11.3 Å². The molecule has 13 heteroatoms. The van der Waals surface area contributed by atoms with Gasteiger partial charge in [0.25, 0.3) is 5.56 Å². The number of nitrogens with zero attached hydrogens (tertiary/aromatic N) is 5. The first-order chi connectivity index (χ1) is 17.7. The van der Waals surface area contributed by atoms with Gasteiger partial charge in [0, 0.05) is 39.6 Å². The molecule has 2 aromatic heterocycles. The van der Waals surface area contributed by atoms with Crippen molar-refractivity contribution in [1.82, 2.24) is 34.1 Å². The lowest BCUT2D eigenvalue weighted by Gasteiger charge is -2.29. The second-order valence-electron chi connectivity index (χ2n) is 8.91. The highest BCUT2D eigenvalue weighted by Crippen LogP contribution is 2.31. The molecule has 1 aliphatic heterocycles. The Morgan fingerprint density at radius 3 is 2.62 bits per heavy atom. The summed E-state index contributed by atoms with van der Waals surface area (Å²) in [5.41, 5.74) is 0.852. The fraction of sp³-hybridized carbons (Fsp3) is 0.500. The highest BCUT2D eigenvalue weighted by atomic mass is 32.2. The lowest BCUT2D eigenvalue weighted by molar-refractivity contribution is -0.131. The number of ether oxygens (including phenoxy) is 1. The molecule has 12 nitrogen and oxygen atoms in total. The molecule has 4 rings (SSSR count). The van der Waals surface area contributed by atoms with Crippen LogP contribution in [0.15, 0.2) is 27.9 Å². The Hall–Kier alpha value is -3.29. The van der Waals surface area contributed by atoms with Crippen molar-refractivity contribution in [3.05, 3.63) is 40.1 Å². The highest BCUT2D eigenvalue weighted by Gasteiger charge is 2.27. The predicted octanol–water partition coefficient (Wildman–Crippen LogP) is 0.797. The maximum atomic E-state index is 13.4. The number of hydrogen-bond acceptors (Lipinski definition) is 8. The number of likely N-dealkylation sites (N-methyl/N-ethyl adjacent to an activating group) is 1. The summed E-state index contributed by atoms with van der Waals surface area (Å²) in [4.78, 5) is 34.5. The van der Waals surface area contributed by atoms with Gasteiger partial charge in [0.05, 0.1) is 29.3 Å². The fourth-order valence-electron chi connectivity index (χ4n) is 4.35. The average Bonchev–Trinajstić information content (AvgIpc) is 3.20. The quantitative estimate of drug-likeness (QED) is 0.413. The van der Waals surface area contributed by atoms with Crippen molar-refractivity contribution in [2.24, 2.45) is 0 Å². The lowest BCUT2D eigenvalue weighted by Crippen LogP contribution is -2.49. The number of aromatic amines is 1. The summed E-state index contributed by atoms with van der Waals surface area (Å²) < 4.78 is 35.1. The monoisotopic (exact) mass is 531 g/mol. The van der Waals surface area contributed by atoms with Crippen molar-refractivity contribution < 1.29 is 17.9 Å². The Kier molecular flexibility index (Phi) is 7.95. The number of benzene rings is 1. The summed E-state index contributed by atoms with van der Waals surface area (Å²) in [6.07, 6.45) is 1.45. The first-order valence-electron chi connectivity index (χ1n) is 12.4. The van der Waals surface area contributed by atoms with E-state index in [0.717, 1.165) is 10.7 Å². The number of fused-ring (bicyclic) bond motifs is 1. The van der Waals surface area contributed by atoms with E-state index in [4.69, 9.17) is 4.74 Å². The van der Waals surface area contributed by atoms with E-state index in [-0.39, 0.29) is 28.7 Å². The molecule has 0 radical (unpaired) electrons. The van der Waals surface area contributed by atoms with Crippen molar-refractivity contribution in [2.75, 3.05) is 46.4 Å². The second kappa shape index (κ2) is 11.0. The lowest BCUT2D eigenvalue weighted by atomic mass is 10.2. The van der Waals surface area contributed by atoms with Crippen LogP contribution >= 0.6 is 0 Å². The van der Waals surface area contributed by atoms with E-state index in [1.54, 1.807) is 11.8 Å². The normalized spacial score (nSPS) is 14.5. The molecule has 3 heterocycles. The zero-order valence-electron chi connectivity index (χ0n) is 21.6. The van der Waals surface area contributed by atoms with Gasteiger partial charge in [-0.2, -0.15) is 4.31 Å². The Balaban J connectivity index is 1.74. The van der Waals surface area contributed by atoms with E-state index in [1.807, 2.05) is 13.8 Å². The smallest absolute Gasteiger partial charge is 0.277 e. The van der Waals surface area contributed by atoms with Gasteiger partial charge in [-0.15, -0.1) is 5.10 Å². The van der Waals surface area contributed by atoms with Crippen LogP contribution < -0.4 is 15.6 Å². The minimum absolute atomic E-state index is 0.0418. The molecule has 3 aromatic rings. The van der Waals surface area contributed by atoms with E-state index in [9.17, 15) is 18.0 Å². The molecular weight excluding hydrogens is 498 g/mol. The number of sulfonamides is 1. The summed E-state index contributed by atoms with van der Waals surface area (Å²) in [5.74, 6) is 0.925. The number of aromatic nitrogens is 4. The van der Waals surface area contributed by atoms with Gasteiger partial charge in [-0.3, -0.25) is 9.59 Å². The first-order valence-corrected chi connectivity index (χ1v) is 13.8. The van der Waals surface area contributed by atoms with Crippen molar-refractivity contribution >= 4 is 21.4 Å². The number of amides is 1. The average molecular weight is 532 g/mol. The minimum atomic E-state index is -4.02. The van der Waals surface area contributed by atoms with Crippen LogP contribution in [0.5, 0.6) is 5.75 Å². The van der Waals surface area contributed by atoms with Crippen LogP contribution in [0.1, 0.15) is 31.8 Å². The predicted molar refractivity (Wildman–Crippen MR) is 138 cm³/mol. The van der Waals surface area contributed by atoms with E-state index >= 15 is 0 Å². The van der Waals surface area contributed by atoms with Crippen LogP contribution in [0.2, 0.25) is 0 Å². The number of imidazole rings is 1. The molecule has 200 valence electrons. The molecule has 0 saturated carbocycles. The van der Waals surface area contributed by atoms with Crippen molar-refractivity contribution in [1.29, 1.82) is 0 Å². The third-order valence-electron chi connectivity index (χ3n) is 6.26. The largest absolute Gasteiger partial charge is 0.493 e. The van der Waals surface area contributed by atoms with Crippen LogP contribution in [0.4, 0.5) is 0 Å². The van der Waals surface area contributed by atoms with Gasteiger partial charge in [-0.1, -0.05) is 6.92 Å². The number of hydrogen-bond donors (Lipinski definition) is 2. The molecule has 0 bridgehead atoms. The molecular formula is C24H33N7O5S. The van der Waals surface area contributed by atoms with Crippen LogP contribution in [-0.2, 0) is 21.2 Å². The molecule has 0 spiro atoms.